The highest BCUT2D eigenvalue weighted by atomic mass is 35.5. The fourth-order valence-electron chi connectivity index (χ4n) is 2.88. The summed E-state index contributed by atoms with van der Waals surface area (Å²) in [5.41, 5.74) is -1.79. The van der Waals surface area contributed by atoms with E-state index in [0.717, 1.165) is 40.3 Å². The number of nitrogens with zero attached hydrogens (tertiary/aromatic N) is 2. The van der Waals surface area contributed by atoms with Crippen LogP contribution in [0.15, 0.2) is 34.4 Å². The van der Waals surface area contributed by atoms with Gasteiger partial charge in [-0.05, 0) is 37.6 Å². The Labute approximate surface area is 188 Å². The smallest absolute Gasteiger partial charge is 0.416 e. The molecule has 2 aromatic heterocycles. The molecule has 0 fully saturated rings. The highest BCUT2D eigenvalue weighted by Crippen LogP contribution is 2.32. The number of carbonyl (C=O) groups excluding carboxylic acids is 2. The Morgan fingerprint density at radius 3 is 2.53 bits per heavy atom. The predicted molar refractivity (Wildman–Crippen MR) is 115 cm³/mol. The topological polar surface area (TPSA) is 90.3 Å². The van der Waals surface area contributed by atoms with Crippen molar-refractivity contribution in [3.8, 4) is 5.69 Å². The lowest BCUT2D eigenvalue weighted by atomic mass is 10.2. The maximum Gasteiger partial charge on any atom is 0.416 e. The van der Waals surface area contributed by atoms with Crippen molar-refractivity contribution in [1.82, 2.24) is 9.78 Å². The van der Waals surface area contributed by atoms with E-state index >= 15 is 0 Å². The lowest BCUT2D eigenvalue weighted by Crippen LogP contribution is -2.25. The predicted octanol–water partition coefficient (Wildman–Crippen LogP) is 4.60. The molecule has 1 amide bonds. The average molecular weight is 488 g/mol. The van der Waals surface area contributed by atoms with Gasteiger partial charge in [-0.3, -0.25) is 9.59 Å². The third kappa shape index (κ3) is 4.94. The van der Waals surface area contributed by atoms with Crippen LogP contribution in [-0.4, -0.2) is 34.1 Å². The van der Waals surface area contributed by atoms with Crippen molar-refractivity contribution in [2.45, 2.75) is 25.9 Å². The molecule has 1 N–H and O–H groups in total. The molecular formula is C20H17ClF3N3O4S. The number of fused-ring (bicyclic) bond motifs is 1. The number of amides is 1. The number of nitrogens with one attached hydrogen (secondary N) is 1. The molecule has 3 rings (SSSR count). The number of benzene rings is 1. The Morgan fingerprint density at radius 2 is 1.94 bits per heavy atom. The summed E-state index contributed by atoms with van der Waals surface area (Å²) in [6, 6.07) is 3.76. The number of alkyl halides is 4. The number of hydrogen-bond donors (Lipinski definition) is 1. The first-order valence-electron chi connectivity index (χ1n) is 9.42. The van der Waals surface area contributed by atoms with Crippen molar-refractivity contribution in [3.63, 3.8) is 0 Å². The van der Waals surface area contributed by atoms with Crippen LogP contribution in [0.25, 0.3) is 16.5 Å². The van der Waals surface area contributed by atoms with Gasteiger partial charge in [-0.15, -0.1) is 22.9 Å². The van der Waals surface area contributed by atoms with E-state index in [-0.39, 0.29) is 52.0 Å². The summed E-state index contributed by atoms with van der Waals surface area (Å²) in [7, 11) is 0. The zero-order valence-corrected chi connectivity index (χ0v) is 18.2. The Balaban J connectivity index is 2.17. The number of thiophene rings is 1. The molecule has 0 aliphatic rings. The van der Waals surface area contributed by atoms with Gasteiger partial charge in [-0.2, -0.15) is 23.0 Å². The second-order valence-electron chi connectivity index (χ2n) is 6.52. The minimum Gasteiger partial charge on any atom is -0.461 e. The summed E-state index contributed by atoms with van der Waals surface area (Å²) in [6.45, 7) is 1.64. The number of carbonyl (C=O) groups is 2. The number of aromatic nitrogens is 2. The molecule has 0 aliphatic carbocycles. The SMILES string of the molecule is CCOC(=O)c1nn(-c2ccc(C(F)(F)F)cc2)c(=O)c2c(NC(=O)CCCCl)scc12. The van der Waals surface area contributed by atoms with Crippen LogP contribution in [0.1, 0.15) is 35.8 Å². The number of esters is 1. The van der Waals surface area contributed by atoms with Crippen LogP contribution in [0, 0.1) is 0 Å². The Bertz CT molecular complexity index is 1210. The maximum absolute atomic E-state index is 13.2. The monoisotopic (exact) mass is 487 g/mol. The van der Waals surface area contributed by atoms with Crippen LogP contribution < -0.4 is 10.9 Å². The number of hydrogen-bond acceptors (Lipinski definition) is 6. The number of ether oxygens (including phenoxy) is 1. The minimum atomic E-state index is -4.55. The van der Waals surface area contributed by atoms with Gasteiger partial charge in [-0.25, -0.2) is 4.79 Å². The standard InChI is InChI=1S/C20H17ClF3N3O4S/c1-2-31-19(30)16-13-10-32-17(25-14(28)4-3-9-21)15(13)18(29)27(26-16)12-7-5-11(6-8-12)20(22,23)24/h5-8,10H,2-4,9H2,1H3,(H,25,28). The molecule has 0 bridgehead atoms. The fourth-order valence-corrected chi connectivity index (χ4v) is 3.96. The largest absolute Gasteiger partial charge is 0.461 e. The first kappa shape index (κ1) is 23.7. The molecule has 170 valence electrons. The molecule has 3 aromatic rings. The quantitative estimate of drug-likeness (QED) is 0.388. The molecule has 0 radical (unpaired) electrons. The first-order chi connectivity index (χ1) is 15.2. The van der Waals surface area contributed by atoms with Crippen LogP contribution in [0.4, 0.5) is 18.2 Å². The van der Waals surface area contributed by atoms with Gasteiger partial charge in [0.05, 0.1) is 23.2 Å². The Kier molecular flexibility index (Phi) is 7.19. The molecule has 7 nitrogen and oxygen atoms in total. The normalized spacial score (nSPS) is 11.5. The van der Waals surface area contributed by atoms with Gasteiger partial charge in [0.1, 0.15) is 5.00 Å². The molecular weight excluding hydrogens is 471 g/mol. The molecule has 12 heteroatoms. The molecule has 0 unspecified atom stereocenters. The molecule has 0 aliphatic heterocycles. The van der Waals surface area contributed by atoms with E-state index < -0.39 is 23.3 Å². The van der Waals surface area contributed by atoms with E-state index in [9.17, 15) is 27.6 Å². The van der Waals surface area contributed by atoms with E-state index in [1.165, 1.54) is 5.38 Å². The van der Waals surface area contributed by atoms with E-state index in [4.69, 9.17) is 16.3 Å². The van der Waals surface area contributed by atoms with E-state index in [0.29, 0.717) is 6.42 Å². The Hall–Kier alpha value is -2.92. The highest BCUT2D eigenvalue weighted by molar-refractivity contribution is 7.16. The zero-order valence-electron chi connectivity index (χ0n) is 16.7. The van der Waals surface area contributed by atoms with Crippen LogP contribution in [0.5, 0.6) is 0 Å². The Morgan fingerprint density at radius 1 is 1.25 bits per heavy atom. The minimum absolute atomic E-state index is 0.00664. The zero-order chi connectivity index (χ0) is 23.5. The molecule has 0 atom stereocenters. The fraction of sp³-hybridized carbons (Fsp3) is 0.300. The lowest BCUT2D eigenvalue weighted by Gasteiger charge is -2.11. The average Bonchev–Trinajstić information content (AvgIpc) is 3.16. The summed E-state index contributed by atoms with van der Waals surface area (Å²) < 4.78 is 44.5. The summed E-state index contributed by atoms with van der Waals surface area (Å²) in [4.78, 5) is 37.8. The first-order valence-corrected chi connectivity index (χ1v) is 10.8. The molecule has 0 saturated heterocycles. The number of anilines is 1. The lowest BCUT2D eigenvalue weighted by molar-refractivity contribution is -0.137. The number of halogens is 4. The molecule has 32 heavy (non-hydrogen) atoms. The van der Waals surface area contributed by atoms with Gasteiger partial charge in [0.25, 0.3) is 5.56 Å². The van der Waals surface area contributed by atoms with Gasteiger partial charge in [0.15, 0.2) is 5.69 Å². The highest BCUT2D eigenvalue weighted by Gasteiger charge is 2.30. The van der Waals surface area contributed by atoms with Crippen molar-refractivity contribution < 1.29 is 27.5 Å². The third-order valence-corrected chi connectivity index (χ3v) is 5.51. The molecule has 1 aromatic carbocycles. The second kappa shape index (κ2) is 9.70. The van der Waals surface area contributed by atoms with E-state index in [2.05, 4.69) is 10.4 Å². The van der Waals surface area contributed by atoms with Crippen LogP contribution in [-0.2, 0) is 15.7 Å². The van der Waals surface area contributed by atoms with E-state index in [1.807, 2.05) is 0 Å². The van der Waals surface area contributed by atoms with Gasteiger partial charge < -0.3 is 10.1 Å². The summed E-state index contributed by atoms with van der Waals surface area (Å²) in [5, 5.41) is 8.54. The van der Waals surface area contributed by atoms with Crippen LogP contribution in [0.3, 0.4) is 0 Å². The van der Waals surface area contributed by atoms with Crippen molar-refractivity contribution >= 4 is 50.6 Å². The van der Waals surface area contributed by atoms with Crippen molar-refractivity contribution in [2.75, 3.05) is 17.8 Å². The van der Waals surface area contributed by atoms with E-state index in [1.54, 1.807) is 6.92 Å². The maximum atomic E-state index is 13.2. The molecule has 0 spiro atoms. The second-order valence-corrected chi connectivity index (χ2v) is 7.78. The summed E-state index contributed by atoms with van der Waals surface area (Å²) in [5.74, 6) is -0.892. The molecule has 0 saturated carbocycles. The van der Waals surface area contributed by atoms with Crippen LogP contribution in [0.2, 0.25) is 0 Å². The van der Waals surface area contributed by atoms with Gasteiger partial charge in [0.2, 0.25) is 5.91 Å². The molecule has 2 heterocycles. The number of rotatable bonds is 7. The van der Waals surface area contributed by atoms with Gasteiger partial charge >= 0.3 is 12.1 Å². The van der Waals surface area contributed by atoms with Gasteiger partial charge in [-0.1, -0.05) is 0 Å². The third-order valence-electron chi connectivity index (χ3n) is 4.35. The van der Waals surface area contributed by atoms with Gasteiger partial charge in [0, 0.05) is 23.1 Å². The summed E-state index contributed by atoms with van der Waals surface area (Å²) in [6.07, 6.45) is -3.99. The van der Waals surface area contributed by atoms with Crippen molar-refractivity contribution in [1.29, 1.82) is 0 Å². The van der Waals surface area contributed by atoms with Crippen molar-refractivity contribution in [2.24, 2.45) is 0 Å². The van der Waals surface area contributed by atoms with Crippen molar-refractivity contribution in [3.05, 3.63) is 51.3 Å². The summed E-state index contributed by atoms with van der Waals surface area (Å²) >= 11 is 6.62. The van der Waals surface area contributed by atoms with Crippen LogP contribution >= 0.6 is 22.9 Å².